The molecule has 0 N–H and O–H groups in total. The molecule has 0 unspecified atom stereocenters. The summed E-state index contributed by atoms with van der Waals surface area (Å²) in [5.41, 5.74) is 7.67. The van der Waals surface area contributed by atoms with Crippen molar-refractivity contribution in [1.82, 2.24) is 24.5 Å². The Hall–Kier alpha value is -6.66. The van der Waals surface area contributed by atoms with Crippen LogP contribution in [0.2, 0.25) is 0 Å². The lowest BCUT2D eigenvalue weighted by Crippen LogP contribution is -2.00. The number of aromatic nitrogens is 5. The Morgan fingerprint density at radius 3 is 2.10 bits per heavy atom. The van der Waals surface area contributed by atoms with E-state index < -0.39 is 0 Å². The van der Waals surface area contributed by atoms with Crippen molar-refractivity contribution in [2.24, 2.45) is 0 Å². The standard InChI is InChI=1S/C42H25N5O/c1-3-10-26(11-4-1)40-44-41(27-18-20-32-31-14-7-8-16-35(31)47(36(32)24-27)29-12-5-2-6-13-29)46-42(45-40)34-15-9-17-37-38(34)33-21-19-28-25-43-23-22-30(28)39(33)48-37/h1-25H. The first kappa shape index (κ1) is 26.5. The minimum Gasteiger partial charge on any atom is -0.455 e. The Morgan fingerprint density at radius 1 is 0.500 bits per heavy atom. The number of hydrogen-bond acceptors (Lipinski definition) is 5. The molecular formula is C42H25N5O. The minimum atomic E-state index is 0.589. The SMILES string of the molecule is c1ccc(-c2nc(-c3ccc4c5ccccc5n(-c5ccccc5)c4c3)nc(-c3cccc4oc5c6ccncc6ccc5c34)n2)cc1. The maximum Gasteiger partial charge on any atom is 0.164 e. The van der Waals surface area contributed by atoms with Crippen LogP contribution in [0.5, 0.6) is 0 Å². The van der Waals surface area contributed by atoms with Gasteiger partial charge < -0.3 is 8.98 Å². The van der Waals surface area contributed by atoms with Crippen LogP contribution in [0.4, 0.5) is 0 Å². The summed E-state index contributed by atoms with van der Waals surface area (Å²) in [6.07, 6.45) is 3.66. The molecule has 6 aromatic carbocycles. The molecule has 0 spiro atoms. The molecule has 0 fully saturated rings. The smallest absolute Gasteiger partial charge is 0.164 e. The predicted molar refractivity (Wildman–Crippen MR) is 193 cm³/mol. The summed E-state index contributed by atoms with van der Waals surface area (Å²) in [7, 11) is 0. The van der Waals surface area contributed by atoms with E-state index >= 15 is 0 Å². The van der Waals surface area contributed by atoms with Gasteiger partial charge in [0.2, 0.25) is 0 Å². The van der Waals surface area contributed by atoms with Gasteiger partial charge in [-0.15, -0.1) is 0 Å². The fourth-order valence-electron chi connectivity index (χ4n) is 6.94. The van der Waals surface area contributed by atoms with Crippen LogP contribution in [0.15, 0.2) is 156 Å². The number of para-hydroxylation sites is 2. The van der Waals surface area contributed by atoms with Crippen molar-refractivity contribution in [2.45, 2.75) is 0 Å². The topological polar surface area (TPSA) is 69.6 Å². The molecule has 0 amide bonds. The lowest BCUT2D eigenvalue weighted by atomic mass is 10.0. The molecule has 10 rings (SSSR count). The molecular weight excluding hydrogens is 590 g/mol. The van der Waals surface area contributed by atoms with E-state index in [1.54, 1.807) is 6.20 Å². The molecule has 0 bridgehead atoms. The van der Waals surface area contributed by atoms with Gasteiger partial charge in [0.05, 0.1) is 11.0 Å². The number of rotatable bonds is 4. The van der Waals surface area contributed by atoms with Crippen LogP contribution in [0.25, 0.3) is 94.4 Å². The maximum atomic E-state index is 6.49. The highest BCUT2D eigenvalue weighted by Gasteiger charge is 2.20. The summed E-state index contributed by atoms with van der Waals surface area (Å²) in [4.78, 5) is 19.6. The number of furan rings is 1. The van der Waals surface area contributed by atoms with Crippen LogP contribution >= 0.6 is 0 Å². The fourth-order valence-corrected chi connectivity index (χ4v) is 6.94. The lowest BCUT2D eigenvalue weighted by molar-refractivity contribution is 0.672. The van der Waals surface area contributed by atoms with Crippen molar-refractivity contribution in [3.05, 3.63) is 152 Å². The molecule has 6 nitrogen and oxygen atoms in total. The van der Waals surface area contributed by atoms with Crippen molar-refractivity contribution < 1.29 is 4.42 Å². The summed E-state index contributed by atoms with van der Waals surface area (Å²) in [6.45, 7) is 0. The zero-order valence-corrected chi connectivity index (χ0v) is 25.6. The molecule has 0 atom stereocenters. The Labute approximate surface area is 274 Å². The van der Waals surface area contributed by atoms with E-state index in [1.807, 2.05) is 60.8 Å². The highest BCUT2D eigenvalue weighted by Crippen LogP contribution is 2.40. The van der Waals surface area contributed by atoms with E-state index in [4.69, 9.17) is 19.4 Å². The minimum absolute atomic E-state index is 0.589. The molecule has 0 radical (unpaired) electrons. The Balaban J connectivity index is 1.24. The number of nitrogens with zero attached hydrogens (tertiary/aromatic N) is 5. The second-order valence-electron chi connectivity index (χ2n) is 11.9. The van der Waals surface area contributed by atoms with Gasteiger partial charge >= 0.3 is 0 Å². The molecule has 6 heteroatoms. The average molecular weight is 616 g/mol. The number of hydrogen-bond donors (Lipinski definition) is 0. The van der Waals surface area contributed by atoms with Crippen LogP contribution in [0.1, 0.15) is 0 Å². The predicted octanol–water partition coefficient (Wildman–Crippen LogP) is 10.4. The summed E-state index contributed by atoms with van der Waals surface area (Å²) < 4.78 is 8.80. The average Bonchev–Trinajstić information content (AvgIpc) is 3.71. The fraction of sp³-hybridized carbons (Fsp3) is 0. The van der Waals surface area contributed by atoms with Gasteiger partial charge in [-0.1, -0.05) is 97.1 Å². The van der Waals surface area contributed by atoms with Crippen LogP contribution < -0.4 is 0 Å². The Bertz CT molecular complexity index is 2840. The lowest BCUT2D eigenvalue weighted by Gasteiger charge is -2.11. The van der Waals surface area contributed by atoms with Crippen molar-refractivity contribution in [3.63, 3.8) is 0 Å². The summed E-state index contributed by atoms with van der Waals surface area (Å²) in [5, 5.41) is 6.41. The normalized spacial score (nSPS) is 11.8. The van der Waals surface area contributed by atoms with Gasteiger partial charge in [-0.2, -0.15) is 0 Å². The molecule has 48 heavy (non-hydrogen) atoms. The van der Waals surface area contributed by atoms with E-state index in [2.05, 4.69) is 94.5 Å². The van der Waals surface area contributed by atoms with E-state index in [1.165, 1.54) is 10.8 Å². The first-order valence-electron chi connectivity index (χ1n) is 15.9. The van der Waals surface area contributed by atoms with E-state index in [9.17, 15) is 0 Å². The monoisotopic (exact) mass is 615 g/mol. The number of pyridine rings is 1. The molecule has 4 heterocycles. The van der Waals surface area contributed by atoms with Crippen LogP contribution in [-0.4, -0.2) is 24.5 Å². The van der Waals surface area contributed by atoms with Crippen LogP contribution in [0, 0.1) is 0 Å². The molecule has 224 valence electrons. The molecule has 0 aliphatic heterocycles. The van der Waals surface area contributed by atoms with Gasteiger partial charge in [0.15, 0.2) is 17.5 Å². The molecule has 4 aromatic heterocycles. The van der Waals surface area contributed by atoms with Crippen LogP contribution in [-0.2, 0) is 0 Å². The Morgan fingerprint density at radius 2 is 1.23 bits per heavy atom. The van der Waals surface area contributed by atoms with Crippen molar-refractivity contribution in [1.29, 1.82) is 0 Å². The van der Waals surface area contributed by atoms with Gasteiger partial charge in [-0.05, 0) is 42.5 Å². The second kappa shape index (κ2) is 10.4. The van der Waals surface area contributed by atoms with E-state index in [0.717, 1.165) is 66.1 Å². The molecule has 0 aliphatic carbocycles. The quantitative estimate of drug-likeness (QED) is 0.197. The van der Waals surface area contributed by atoms with Crippen molar-refractivity contribution in [2.75, 3.05) is 0 Å². The number of benzene rings is 6. The first-order chi connectivity index (χ1) is 23.8. The van der Waals surface area contributed by atoms with Gasteiger partial charge in [-0.3, -0.25) is 4.98 Å². The largest absolute Gasteiger partial charge is 0.455 e. The third-order valence-corrected chi connectivity index (χ3v) is 9.13. The van der Waals surface area contributed by atoms with Crippen molar-refractivity contribution in [3.8, 4) is 39.9 Å². The van der Waals surface area contributed by atoms with Gasteiger partial charge in [-0.25, -0.2) is 15.0 Å². The summed E-state index contributed by atoms with van der Waals surface area (Å²) in [6, 6.07) is 47.9. The molecule has 0 aliphatic rings. The molecule has 0 saturated carbocycles. The summed E-state index contributed by atoms with van der Waals surface area (Å²) >= 11 is 0. The second-order valence-corrected chi connectivity index (χ2v) is 11.9. The third kappa shape index (κ3) is 4.06. The molecule has 10 aromatic rings. The first-order valence-corrected chi connectivity index (χ1v) is 15.9. The third-order valence-electron chi connectivity index (χ3n) is 9.13. The number of fused-ring (bicyclic) bond motifs is 8. The zero-order chi connectivity index (χ0) is 31.6. The van der Waals surface area contributed by atoms with Gasteiger partial charge in [0, 0.05) is 67.1 Å². The van der Waals surface area contributed by atoms with E-state index in [0.29, 0.717) is 17.5 Å². The van der Waals surface area contributed by atoms with Crippen molar-refractivity contribution >= 4 is 54.5 Å². The van der Waals surface area contributed by atoms with E-state index in [-0.39, 0.29) is 0 Å². The zero-order valence-electron chi connectivity index (χ0n) is 25.6. The molecule has 0 saturated heterocycles. The maximum absolute atomic E-state index is 6.49. The summed E-state index contributed by atoms with van der Waals surface area (Å²) in [5.74, 6) is 1.80. The Kier molecular flexibility index (Phi) is 5.77. The van der Waals surface area contributed by atoms with Gasteiger partial charge in [0.1, 0.15) is 11.2 Å². The highest BCUT2D eigenvalue weighted by atomic mass is 16.3. The van der Waals surface area contributed by atoms with Crippen LogP contribution in [0.3, 0.4) is 0 Å². The van der Waals surface area contributed by atoms with Gasteiger partial charge in [0.25, 0.3) is 0 Å². The highest BCUT2D eigenvalue weighted by molar-refractivity contribution is 6.18.